The first kappa shape index (κ1) is 18.0. The summed E-state index contributed by atoms with van der Waals surface area (Å²) in [6.45, 7) is 0.917. The van der Waals surface area contributed by atoms with Crippen molar-refractivity contribution in [3.63, 3.8) is 0 Å². The Balaban J connectivity index is 1.65. The molecule has 0 saturated heterocycles. The van der Waals surface area contributed by atoms with Crippen LogP contribution in [0.25, 0.3) is 0 Å². The van der Waals surface area contributed by atoms with Gasteiger partial charge in [0.25, 0.3) is 0 Å². The van der Waals surface area contributed by atoms with E-state index in [2.05, 4.69) is 0 Å². The Morgan fingerprint density at radius 3 is 2.21 bits per heavy atom. The Morgan fingerprint density at radius 2 is 1.46 bits per heavy atom. The summed E-state index contributed by atoms with van der Waals surface area (Å²) in [5.41, 5.74) is 3.66. The van der Waals surface area contributed by atoms with E-state index < -0.39 is 11.8 Å². The summed E-state index contributed by atoms with van der Waals surface area (Å²) in [6.07, 6.45) is 1.79. The lowest BCUT2D eigenvalue weighted by molar-refractivity contribution is -0.136. The molecule has 4 heteroatoms. The van der Waals surface area contributed by atoms with E-state index in [0.717, 1.165) is 35.3 Å². The third kappa shape index (κ3) is 3.67. The maximum absolute atomic E-state index is 13.3. The molecule has 3 aromatic rings. The van der Waals surface area contributed by atoms with Gasteiger partial charge in [0.1, 0.15) is 0 Å². The van der Waals surface area contributed by atoms with Gasteiger partial charge in [0, 0.05) is 17.9 Å². The van der Waals surface area contributed by atoms with Gasteiger partial charge < -0.3 is 4.90 Å². The molecule has 28 heavy (non-hydrogen) atoms. The van der Waals surface area contributed by atoms with Crippen molar-refractivity contribution in [1.29, 1.82) is 0 Å². The van der Waals surface area contributed by atoms with Crippen molar-refractivity contribution in [3.8, 4) is 0 Å². The number of rotatable bonds is 3. The average molecular weight is 370 g/mol. The molecule has 140 valence electrons. The van der Waals surface area contributed by atoms with Crippen LogP contribution in [-0.2, 0) is 22.6 Å². The van der Waals surface area contributed by atoms with E-state index >= 15 is 0 Å². The molecule has 0 aliphatic carbocycles. The molecule has 4 rings (SSSR count). The molecule has 0 aromatic heterocycles. The summed E-state index contributed by atoms with van der Waals surface area (Å²) in [7, 11) is 0. The van der Waals surface area contributed by atoms with Gasteiger partial charge in [-0.2, -0.15) is 0 Å². The molecule has 3 aromatic carbocycles. The Hall–Kier alpha value is -3.40. The number of amides is 2. The van der Waals surface area contributed by atoms with Gasteiger partial charge in [-0.1, -0.05) is 66.7 Å². The van der Waals surface area contributed by atoms with Gasteiger partial charge in [0.05, 0.1) is 6.54 Å². The number of hydrogen-bond acceptors (Lipinski definition) is 2. The summed E-state index contributed by atoms with van der Waals surface area (Å²) < 4.78 is 0. The summed E-state index contributed by atoms with van der Waals surface area (Å²) in [5.74, 6) is -0.987. The second-order valence-electron chi connectivity index (χ2n) is 6.90. The summed E-state index contributed by atoms with van der Waals surface area (Å²) in [4.78, 5) is 29.7. The van der Waals surface area contributed by atoms with Crippen LogP contribution in [0.4, 0.5) is 11.4 Å². The second-order valence-corrected chi connectivity index (χ2v) is 6.90. The number of benzene rings is 3. The summed E-state index contributed by atoms with van der Waals surface area (Å²) in [5, 5.41) is 0. The molecule has 1 aliphatic heterocycles. The van der Waals surface area contributed by atoms with Crippen LogP contribution < -0.4 is 9.80 Å². The van der Waals surface area contributed by atoms with Crippen LogP contribution in [0.3, 0.4) is 0 Å². The lowest BCUT2D eigenvalue weighted by Crippen LogP contribution is -2.47. The largest absolute Gasteiger partial charge is 0.317 e. The van der Waals surface area contributed by atoms with Gasteiger partial charge in [-0.15, -0.1) is 0 Å². The fraction of sp³-hybridized carbons (Fsp3) is 0.167. The monoisotopic (exact) mass is 370 g/mol. The van der Waals surface area contributed by atoms with Crippen LogP contribution in [0, 0.1) is 0 Å². The van der Waals surface area contributed by atoms with Crippen LogP contribution in [0.5, 0.6) is 0 Å². The third-order valence-corrected chi connectivity index (χ3v) is 5.03. The number of carbonyl (C=O) groups is 2. The SMILES string of the molecule is O=C(C(=O)N1CCCc2ccccc21)N(Cc1ccccc1)c1ccccc1. The van der Waals surface area contributed by atoms with Crippen molar-refractivity contribution in [2.45, 2.75) is 19.4 Å². The molecule has 0 spiro atoms. The second kappa shape index (κ2) is 8.09. The molecular weight excluding hydrogens is 348 g/mol. The van der Waals surface area contributed by atoms with Crippen molar-refractivity contribution in [3.05, 3.63) is 96.1 Å². The van der Waals surface area contributed by atoms with E-state index in [1.807, 2.05) is 84.9 Å². The topological polar surface area (TPSA) is 40.6 Å². The first-order valence-corrected chi connectivity index (χ1v) is 9.54. The molecule has 1 heterocycles. The zero-order valence-corrected chi connectivity index (χ0v) is 15.6. The predicted molar refractivity (Wildman–Crippen MR) is 111 cm³/mol. The van der Waals surface area contributed by atoms with E-state index in [-0.39, 0.29) is 0 Å². The molecule has 0 fully saturated rings. The minimum Gasteiger partial charge on any atom is -0.304 e. The standard InChI is InChI=1S/C24H22N2O2/c27-23(25-17-9-13-20-12-7-8-16-22(20)25)24(28)26(21-14-5-2-6-15-21)18-19-10-3-1-4-11-19/h1-8,10-12,14-16H,9,13,17-18H2. The van der Waals surface area contributed by atoms with E-state index in [9.17, 15) is 9.59 Å². The van der Waals surface area contributed by atoms with Gasteiger partial charge in [0.15, 0.2) is 0 Å². The lowest BCUT2D eigenvalue weighted by atomic mass is 10.0. The van der Waals surface area contributed by atoms with E-state index in [0.29, 0.717) is 13.1 Å². The van der Waals surface area contributed by atoms with Crippen LogP contribution in [0.2, 0.25) is 0 Å². The number of nitrogens with zero attached hydrogens (tertiary/aromatic N) is 2. The quantitative estimate of drug-likeness (QED) is 0.649. The molecule has 0 saturated carbocycles. The number of anilines is 2. The smallest absolute Gasteiger partial charge is 0.304 e. The van der Waals surface area contributed by atoms with E-state index in [1.54, 1.807) is 9.80 Å². The molecule has 0 unspecified atom stereocenters. The fourth-order valence-corrected chi connectivity index (χ4v) is 3.63. The van der Waals surface area contributed by atoms with Crippen LogP contribution in [0.1, 0.15) is 17.5 Å². The Bertz CT molecular complexity index is 970. The molecule has 0 radical (unpaired) electrons. The molecule has 0 atom stereocenters. The van der Waals surface area contributed by atoms with E-state index in [1.165, 1.54) is 0 Å². The first-order valence-electron chi connectivity index (χ1n) is 9.54. The Morgan fingerprint density at radius 1 is 0.821 bits per heavy atom. The Labute approximate surface area is 165 Å². The fourth-order valence-electron chi connectivity index (χ4n) is 3.63. The minimum atomic E-state index is -0.508. The highest BCUT2D eigenvalue weighted by Crippen LogP contribution is 2.28. The minimum absolute atomic E-state index is 0.352. The predicted octanol–water partition coefficient (Wildman–Crippen LogP) is 4.20. The molecule has 2 amide bonds. The highest BCUT2D eigenvalue weighted by Gasteiger charge is 2.31. The number of carbonyl (C=O) groups excluding carboxylic acids is 2. The molecular formula is C24H22N2O2. The summed E-state index contributed by atoms with van der Waals surface area (Å²) >= 11 is 0. The zero-order valence-electron chi connectivity index (χ0n) is 15.6. The van der Waals surface area contributed by atoms with Crippen LogP contribution in [-0.4, -0.2) is 18.4 Å². The number of para-hydroxylation sites is 2. The summed E-state index contributed by atoms with van der Waals surface area (Å²) in [6, 6.07) is 26.9. The van der Waals surface area contributed by atoms with Crippen molar-refractivity contribution < 1.29 is 9.59 Å². The maximum Gasteiger partial charge on any atom is 0.317 e. The average Bonchev–Trinajstić information content (AvgIpc) is 2.77. The van der Waals surface area contributed by atoms with Gasteiger partial charge in [-0.3, -0.25) is 14.5 Å². The number of aryl methyl sites for hydroxylation is 1. The Kier molecular flexibility index (Phi) is 5.20. The molecule has 4 nitrogen and oxygen atoms in total. The highest BCUT2D eigenvalue weighted by molar-refractivity contribution is 6.45. The zero-order chi connectivity index (χ0) is 19.3. The van der Waals surface area contributed by atoms with Gasteiger partial charge in [-0.25, -0.2) is 0 Å². The van der Waals surface area contributed by atoms with E-state index in [4.69, 9.17) is 0 Å². The van der Waals surface area contributed by atoms with Crippen molar-refractivity contribution in [1.82, 2.24) is 0 Å². The number of hydrogen-bond donors (Lipinski definition) is 0. The van der Waals surface area contributed by atoms with Crippen molar-refractivity contribution >= 4 is 23.2 Å². The maximum atomic E-state index is 13.3. The van der Waals surface area contributed by atoms with Gasteiger partial charge >= 0.3 is 11.8 Å². The normalized spacial score (nSPS) is 12.9. The van der Waals surface area contributed by atoms with Gasteiger partial charge in [0.2, 0.25) is 0 Å². The van der Waals surface area contributed by atoms with Crippen LogP contribution >= 0.6 is 0 Å². The third-order valence-electron chi connectivity index (χ3n) is 5.03. The number of fused-ring (bicyclic) bond motifs is 1. The van der Waals surface area contributed by atoms with Crippen LogP contribution in [0.15, 0.2) is 84.9 Å². The molecule has 0 N–H and O–H groups in total. The lowest BCUT2D eigenvalue weighted by Gasteiger charge is -2.31. The van der Waals surface area contributed by atoms with Crippen molar-refractivity contribution in [2.24, 2.45) is 0 Å². The molecule has 1 aliphatic rings. The van der Waals surface area contributed by atoms with Gasteiger partial charge in [-0.05, 0) is 42.2 Å². The molecule has 0 bridgehead atoms. The highest BCUT2D eigenvalue weighted by atomic mass is 16.2. The van der Waals surface area contributed by atoms with Crippen molar-refractivity contribution in [2.75, 3.05) is 16.3 Å². The first-order chi connectivity index (χ1) is 13.7.